The van der Waals surface area contributed by atoms with Crippen molar-refractivity contribution in [3.8, 4) is 0 Å². The van der Waals surface area contributed by atoms with E-state index in [9.17, 15) is 9.18 Å². The van der Waals surface area contributed by atoms with Crippen molar-refractivity contribution >= 4 is 11.6 Å². The summed E-state index contributed by atoms with van der Waals surface area (Å²) >= 11 is 0. The zero-order chi connectivity index (χ0) is 13.7. The van der Waals surface area contributed by atoms with Crippen LogP contribution in [0.2, 0.25) is 0 Å². The van der Waals surface area contributed by atoms with Gasteiger partial charge in [-0.2, -0.15) is 0 Å². The molecule has 6 heteroatoms. The van der Waals surface area contributed by atoms with Gasteiger partial charge in [-0.1, -0.05) is 0 Å². The zero-order valence-electron chi connectivity index (χ0n) is 10.7. The molecule has 0 bridgehead atoms. The van der Waals surface area contributed by atoms with E-state index in [0.29, 0.717) is 24.5 Å². The van der Waals surface area contributed by atoms with Crippen molar-refractivity contribution in [2.45, 2.75) is 12.8 Å². The molecule has 0 aliphatic rings. The Morgan fingerprint density at radius 3 is 3.11 bits per heavy atom. The molecular formula is C13H16FN3O2. The summed E-state index contributed by atoms with van der Waals surface area (Å²) in [7, 11) is 1.62. The predicted octanol–water partition coefficient (Wildman–Crippen LogP) is 1.17. The van der Waals surface area contributed by atoms with Crippen LogP contribution in [0.3, 0.4) is 0 Å². The van der Waals surface area contributed by atoms with Crippen LogP contribution >= 0.6 is 0 Å². The number of halogens is 1. The molecule has 1 N–H and O–H groups in total. The molecule has 2 heterocycles. The smallest absolute Gasteiger partial charge is 0.226 e. The molecule has 0 spiro atoms. The number of pyridine rings is 1. The van der Waals surface area contributed by atoms with Crippen LogP contribution in [0.1, 0.15) is 12.1 Å². The highest BCUT2D eigenvalue weighted by atomic mass is 19.1. The number of aromatic nitrogens is 2. The van der Waals surface area contributed by atoms with Crippen molar-refractivity contribution in [1.82, 2.24) is 14.7 Å². The number of nitrogens with one attached hydrogen (secondary N) is 1. The number of hydrogen-bond acceptors (Lipinski definition) is 3. The predicted molar refractivity (Wildman–Crippen MR) is 68.4 cm³/mol. The number of nitrogens with zero attached hydrogens (tertiary/aromatic N) is 2. The summed E-state index contributed by atoms with van der Waals surface area (Å²) in [6.45, 7) is 1.20. The van der Waals surface area contributed by atoms with Gasteiger partial charge in [-0.3, -0.25) is 4.79 Å². The normalized spacial score (nSPS) is 10.8. The number of ether oxygens (including phenoxy) is 1. The molecule has 19 heavy (non-hydrogen) atoms. The van der Waals surface area contributed by atoms with Crippen molar-refractivity contribution in [2.24, 2.45) is 0 Å². The summed E-state index contributed by atoms with van der Waals surface area (Å²) in [4.78, 5) is 15.9. The van der Waals surface area contributed by atoms with E-state index in [0.717, 1.165) is 6.42 Å². The van der Waals surface area contributed by atoms with Crippen LogP contribution < -0.4 is 5.32 Å². The number of imidazole rings is 1. The lowest BCUT2D eigenvalue weighted by Crippen LogP contribution is -2.26. The minimum Gasteiger partial charge on any atom is -0.385 e. The third kappa shape index (κ3) is 3.75. The summed E-state index contributed by atoms with van der Waals surface area (Å²) < 4.78 is 19.5. The van der Waals surface area contributed by atoms with Crippen molar-refractivity contribution < 1.29 is 13.9 Å². The van der Waals surface area contributed by atoms with Gasteiger partial charge in [0.2, 0.25) is 5.91 Å². The molecule has 0 saturated carbocycles. The average Bonchev–Trinajstić information content (AvgIpc) is 2.76. The quantitative estimate of drug-likeness (QED) is 0.798. The Kier molecular flexibility index (Phi) is 4.46. The van der Waals surface area contributed by atoms with Gasteiger partial charge in [0.25, 0.3) is 0 Å². The lowest BCUT2D eigenvalue weighted by atomic mass is 10.3. The number of amides is 1. The molecule has 2 aromatic rings. The number of methoxy groups -OCH3 is 1. The Morgan fingerprint density at radius 2 is 2.32 bits per heavy atom. The number of carbonyl (C=O) groups is 1. The molecule has 0 aromatic carbocycles. The van der Waals surface area contributed by atoms with E-state index in [4.69, 9.17) is 4.74 Å². The summed E-state index contributed by atoms with van der Waals surface area (Å²) in [6.07, 6.45) is 3.96. The number of hydrogen-bond donors (Lipinski definition) is 1. The first-order chi connectivity index (χ1) is 9.19. The molecule has 0 radical (unpaired) electrons. The van der Waals surface area contributed by atoms with Gasteiger partial charge in [-0.15, -0.1) is 0 Å². The van der Waals surface area contributed by atoms with Crippen molar-refractivity contribution in [3.63, 3.8) is 0 Å². The molecule has 0 saturated heterocycles. The SMILES string of the molecule is COCCCNC(=O)Cc1cn2cc(F)ccc2n1. The van der Waals surface area contributed by atoms with Gasteiger partial charge in [-0.05, 0) is 18.6 Å². The molecule has 1 amide bonds. The van der Waals surface area contributed by atoms with E-state index in [2.05, 4.69) is 10.3 Å². The van der Waals surface area contributed by atoms with Gasteiger partial charge >= 0.3 is 0 Å². The molecule has 5 nitrogen and oxygen atoms in total. The molecular weight excluding hydrogens is 249 g/mol. The van der Waals surface area contributed by atoms with Crippen LogP contribution in [0.15, 0.2) is 24.5 Å². The summed E-state index contributed by atoms with van der Waals surface area (Å²) in [5.41, 5.74) is 1.25. The number of carbonyl (C=O) groups excluding carboxylic acids is 1. The molecule has 0 aliphatic carbocycles. The van der Waals surface area contributed by atoms with Gasteiger partial charge in [0.15, 0.2) is 0 Å². The third-order valence-corrected chi connectivity index (χ3v) is 2.65. The van der Waals surface area contributed by atoms with Crippen LogP contribution in [0.25, 0.3) is 5.65 Å². The maximum atomic E-state index is 13.0. The van der Waals surface area contributed by atoms with Crippen molar-refractivity contribution in [1.29, 1.82) is 0 Å². The maximum absolute atomic E-state index is 13.0. The highest BCUT2D eigenvalue weighted by Gasteiger charge is 2.07. The second-order valence-corrected chi connectivity index (χ2v) is 4.22. The number of fused-ring (bicyclic) bond motifs is 1. The van der Waals surface area contributed by atoms with Gasteiger partial charge in [0, 0.05) is 32.7 Å². The number of rotatable bonds is 6. The van der Waals surface area contributed by atoms with E-state index >= 15 is 0 Å². The van der Waals surface area contributed by atoms with Gasteiger partial charge < -0.3 is 14.5 Å². The Labute approximate surface area is 110 Å². The summed E-state index contributed by atoms with van der Waals surface area (Å²) in [5, 5.41) is 2.78. The first kappa shape index (κ1) is 13.5. The standard InChI is InChI=1S/C13H16FN3O2/c1-19-6-2-5-15-13(18)7-11-9-17-8-10(14)3-4-12(17)16-11/h3-4,8-9H,2,5-7H2,1H3,(H,15,18). The summed E-state index contributed by atoms with van der Waals surface area (Å²) in [6, 6.07) is 2.92. The molecule has 0 atom stereocenters. The van der Waals surface area contributed by atoms with Crippen LogP contribution in [-0.2, 0) is 16.0 Å². The second kappa shape index (κ2) is 6.29. The first-order valence-corrected chi connectivity index (χ1v) is 6.08. The lowest BCUT2D eigenvalue weighted by molar-refractivity contribution is -0.120. The third-order valence-electron chi connectivity index (χ3n) is 2.65. The van der Waals surface area contributed by atoms with Crippen LogP contribution in [0.4, 0.5) is 4.39 Å². The Morgan fingerprint density at radius 1 is 1.47 bits per heavy atom. The van der Waals surface area contributed by atoms with E-state index in [1.165, 1.54) is 12.3 Å². The van der Waals surface area contributed by atoms with E-state index < -0.39 is 0 Å². The Balaban J connectivity index is 1.91. The van der Waals surface area contributed by atoms with Crippen LogP contribution in [0.5, 0.6) is 0 Å². The van der Waals surface area contributed by atoms with Gasteiger partial charge in [0.05, 0.1) is 12.1 Å². The van der Waals surface area contributed by atoms with Crippen molar-refractivity contribution in [3.05, 3.63) is 36.0 Å². The molecule has 2 rings (SSSR count). The molecule has 0 unspecified atom stereocenters. The molecule has 102 valence electrons. The largest absolute Gasteiger partial charge is 0.385 e. The maximum Gasteiger partial charge on any atom is 0.226 e. The molecule has 0 aliphatic heterocycles. The fourth-order valence-corrected chi connectivity index (χ4v) is 1.77. The average molecular weight is 265 g/mol. The van der Waals surface area contributed by atoms with Crippen LogP contribution in [0, 0.1) is 5.82 Å². The highest BCUT2D eigenvalue weighted by molar-refractivity contribution is 5.78. The van der Waals surface area contributed by atoms with E-state index in [1.54, 1.807) is 23.8 Å². The fraction of sp³-hybridized carbons (Fsp3) is 0.385. The highest BCUT2D eigenvalue weighted by Crippen LogP contribution is 2.07. The monoisotopic (exact) mass is 265 g/mol. The minimum atomic E-state index is -0.333. The first-order valence-electron chi connectivity index (χ1n) is 6.08. The van der Waals surface area contributed by atoms with E-state index in [1.807, 2.05) is 0 Å². The van der Waals surface area contributed by atoms with Crippen LogP contribution in [-0.4, -0.2) is 35.6 Å². The Hall–Kier alpha value is -1.95. The van der Waals surface area contributed by atoms with Crippen molar-refractivity contribution in [2.75, 3.05) is 20.3 Å². The van der Waals surface area contributed by atoms with Gasteiger partial charge in [0.1, 0.15) is 11.5 Å². The Bertz CT molecular complexity index is 568. The molecule has 2 aromatic heterocycles. The zero-order valence-corrected chi connectivity index (χ0v) is 10.7. The lowest BCUT2D eigenvalue weighted by Gasteiger charge is -2.02. The van der Waals surface area contributed by atoms with Gasteiger partial charge in [-0.25, -0.2) is 9.37 Å². The molecule has 0 fully saturated rings. The fourth-order valence-electron chi connectivity index (χ4n) is 1.77. The summed E-state index contributed by atoms with van der Waals surface area (Å²) in [5.74, 6) is -0.430. The second-order valence-electron chi connectivity index (χ2n) is 4.22. The minimum absolute atomic E-state index is 0.0972. The van der Waals surface area contributed by atoms with E-state index in [-0.39, 0.29) is 18.1 Å². The topological polar surface area (TPSA) is 55.6 Å².